The zero-order valence-corrected chi connectivity index (χ0v) is 14.0. The van der Waals surface area contributed by atoms with E-state index in [1.807, 2.05) is 13.0 Å². The van der Waals surface area contributed by atoms with Crippen molar-refractivity contribution in [3.63, 3.8) is 0 Å². The molecule has 1 fully saturated rings. The SMILES string of the molecule is CCOC(=O)CCCCCC[C@@H]1[C@@H](O)CC[C@@H]1/C=C/C(C)O. The molecule has 0 heterocycles. The van der Waals surface area contributed by atoms with E-state index in [0.717, 1.165) is 44.9 Å². The van der Waals surface area contributed by atoms with Crippen LogP contribution in [0, 0.1) is 11.8 Å². The van der Waals surface area contributed by atoms with Crippen LogP contribution in [0.25, 0.3) is 0 Å². The zero-order chi connectivity index (χ0) is 16.4. The van der Waals surface area contributed by atoms with Crippen LogP contribution in [0.5, 0.6) is 0 Å². The molecule has 1 aliphatic carbocycles. The molecule has 0 aliphatic heterocycles. The van der Waals surface area contributed by atoms with Crippen LogP contribution in [0.3, 0.4) is 0 Å². The van der Waals surface area contributed by atoms with Gasteiger partial charge in [0, 0.05) is 6.42 Å². The molecule has 1 unspecified atom stereocenters. The number of allylic oxidation sites excluding steroid dienone is 1. The number of carbonyl (C=O) groups is 1. The minimum Gasteiger partial charge on any atom is -0.466 e. The van der Waals surface area contributed by atoms with Gasteiger partial charge in [0.1, 0.15) is 0 Å². The first-order valence-electron chi connectivity index (χ1n) is 8.74. The predicted molar refractivity (Wildman–Crippen MR) is 87.4 cm³/mol. The Balaban J connectivity index is 2.18. The van der Waals surface area contributed by atoms with E-state index in [1.54, 1.807) is 6.92 Å². The summed E-state index contributed by atoms with van der Waals surface area (Å²) in [6, 6.07) is 0. The molecule has 0 aromatic rings. The average molecular weight is 312 g/mol. The normalized spacial score (nSPS) is 26.5. The lowest BCUT2D eigenvalue weighted by molar-refractivity contribution is -0.143. The van der Waals surface area contributed by atoms with Crippen molar-refractivity contribution in [3.05, 3.63) is 12.2 Å². The van der Waals surface area contributed by atoms with E-state index in [-0.39, 0.29) is 12.1 Å². The lowest BCUT2D eigenvalue weighted by atomic mass is 9.88. The second-order valence-electron chi connectivity index (χ2n) is 6.36. The topological polar surface area (TPSA) is 66.8 Å². The van der Waals surface area contributed by atoms with Gasteiger partial charge < -0.3 is 14.9 Å². The van der Waals surface area contributed by atoms with Crippen LogP contribution < -0.4 is 0 Å². The second kappa shape index (κ2) is 10.8. The Bertz CT molecular complexity index is 338. The van der Waals surface area contributed by atoms with E-state index in [2.05, 4.69) is 6.08 Å². The van der Waals surface area contributed by atoms with Gasteiger partial charge in [-0.2, -0.15) is 0 Å². The highest BCUT2D eigenvalue weighted by atomic mass is 16.5. The highest BCUT2D eigenvalue weighted by molar-refractivity contribution is 5.69. The van der Waals surface area contributed by atoms with E-state index >= 15 is 0 Å². The Kier molecular flexibility index (Phi) is 9.41. The molecule has 0 amide bonds. The average Bonchev–Trinajstić information content (AvgIpc) is 2.81. The summed E-state index contributed by atoms with van der Waals surface area (Å²) >= 11 is 0. The minimum absolute atomic E-state index is 0.1000. The third kappa shape index (κ3) is 7.41. The lowest BCUT2D eigenvalue weighted by Gasteiger charge is -2.19. The van der Waals surface area contributed by atoms with E-state index < -0.39 is 6.10 Å². The molecule has 2 N–H and O–H groups in total. The number of aliphatic hydroxyl groups is 2. The van der Waals surface area contributed by atoms with Crippen molar-refractivity contribution in [1.29, 1.82) is 0 Å². The first-order valence-corrected chi connectivity index (χ1v) is 8.74. The first-order chi connectivity index (χ1) is 10.5. The molecule has 1 aliphatic rings. The summed E-state index contributed by atoms with van der Waals surface area (Å²) in [4.78, 5) is 11.2. The molecule has 1 saturated carbocycles. The zero-order valence-electron chi connectivity index (χ0n) is 14.0. The fourth-order valence-electron chi connectivity index (χ4n) is 3.26. The molecule has 4 heteroatoms. The van der Waals surface area contributed by atoms with Gasteiger partial charge in [0.15, 0.2) is 0 Å². The molecular formula is C18H32O4. The van der Waals surface area contributed by atoms with Crippen LogP contribution in [-0.2, 0) is 9.53 Å². The monoisotopic (exact) mass is 312 g/mol. The van der Waals surface area contributed by atoms with Crippen LogP contribution in [0.2, 0.25) is 0 Å². The smallest absolute Gasteiger partial charge is 0.305 e. The summed E-state index contributed by atoms with van der Waals surface area (Å²) in [5.41, 5.74) is 0. The molecule has 4 nitrogen and oxygen atoms in total. The summed E-state index contributed by atoms with van der Waals surface area (Å²) in [7, 11) is 0. The molecule has 1 rings (SSSR count). The summed E-state index contributed by atoms with van der Waals surface area (Å²) in [6.45, 7) is 4.04. The van der Waals surface area contributed by atoms with Crippen molar-refractivity contribution >= 4 is 5.97 Å². The molecule has 0 spiro atoms. The Morgan fingerprint density at radius 3 is 2.68 bits per heavy atom. The summed E-state index contributed by atoms with van der Waals surface area (Å²) in [5.74, 6) is 0.612. The molecule has 0 bridgehead atoms. The summed E-state index contributed by atoms with van der Waals surface area (Å²) in [6.07, 6.45) is 10.8. The fraction of sp³-hybridized carbons (Fsp3) is 0.833. The molecule has 0 saturated heterocycles. The number of aliphatic hydroxyl groups excluding tert-OH is 2. The van der Waals surface area contributed by atoms with Gasteiger partial charge in [-0.3, -0.25) is 4.79 Å². The van der Waals surface area contributed by atoms with E-state index in [0.29, 0.717) is 24.9 Å². The van der Waals surface area contributed by atoms with E-state index in [1.165, 1.54) is 0 Å². The molecular weight excluding hydrogens is 280 g/mol. The Morgan fingerprint density at radius 2 is 2.00 bits per heavy atom. The Morgan fingerprint density at radius 1 is 1.27 bits per heavy atom. The first kappa shape index (κ1) is 19.2. The standard InChI is InChI=1S/C18H32O4/c1-3-22-18(21)9-7-5-4-6-8-16-15(11-10-14(2)19)12-13-17(16)20/h10-11,14-17,19-20H,3-9,12-13H2,1-2H3/b11-10+/t14?,15-,16-,17-/m0/s1. The Hall–Kier alpha value is -0.870. The number of carbonyl (C=O) groups excluding carboxylic acids is 1. The van der Waals surface area contributed by atoms with Crippen LogP contribution >= 0.6 is 0 Å². The van der Waals surface area contributed by atoms with Gasteiger partial charge in [-0.25, -0.2) is 0 Å². The number of ether oxygens (including phenoxy) is 1. The van der Waals surface area contributed by atoms with Crippen molar-refractivity contribution in [1.82, 2.24) is 0 Å². The molecule has 4 atom stereocenters. The van der Waals surface area contributed by atoms with Gasteiger partial charge in [-0.15, -0.1) is 0 Å². The van der Waals surface area contributed by atoms with E-state index in [4.69, 9.17) is 4.74 Å². The number of hydrogen-bond acceptors (Lipinski definition) is 4. The highest BCUT2D eigenvalue weighted by Gasteiger charge is 2.32. The van der Waals surface area contributed by atoms with Crippen LogP contribution in [0.4, 0.5) is 0 Å². The number of esters is 1. The van der Waals surface area contributed by atoms with Gasteiger partial charge >= 0.3 is 5.97 Å². The number of unbranched alkanes of at least 4 members (excludes halogenated alkanes) is 3. The molecule has 0 aromatic carbocycles. The number of rotatable bonds is 10. The highest BCUT2D eigenvalue weighted by Crippen LogP contribution is 2.36. The summed E-state index contributed by atoms with van der Waals surface area (Å²) < 4.78 is 4.90. The van der Waals surface area contributed by atoms with Crippen molar-refractivity contribution in [3.8, 4) is 0 Å². The number of hydrogen-bond donors (Lipinski definition) is 2. The maximum absolute atomic E-state index is 11.2. The fourth-order valence-corrected chi connectivity index (χ4v) is 3.26. The van der Waals surface area contributed by atoms with Gasteiger partial charge in [0.2, 0.25) is 0 Å². The summed E-state index contributed by atoms with van der Waals surface area (Å²) in [5, 5.41) is 19.4. The van der Waals surface area contributed by atoms with Crippen molar-refractivity contribution < 1.29 is 19.7 Å². The van der Waals surface area contributed by atoms with Crippen LogP contribution in [0.15, 0.2) is 12.2 Å². The largest absolute Gasteiger partial charge is 0.466 e. The second-order valence-corrected chi connectivity index (χ2v) is 6.36. The van der Waals surface area contributed by atoms with Gasteiger partial charge in [-0.1, -0.05) is 31.4 Å². The Labute approximate surface area is 134 Å². The third-order valence-corrected chi connectivity index (χ3v) is 4.45. The van der Waals surface area contributed by atoms with Crippen LogP contribution in [0.1, 0.15) is 65.2 Å². The quantitative estimate of drug-likeness (QED) is 0.369. The molecule has 0 aromatic heterocycles. The van der Waals surface area contributed by atoms with E-state index in [9.17, 15) is 15.0 Å². The van der Waals surface area contributed by atoms with Crippen LogP contribution in [-0.4, -0.2) is 35.0 Å². The maximum Gasteiger partial charge on any atom is 0.305 e. The maximum atomic E-state index is 11.2. The van der Waals surface area contributed by atoms with Crippen molar-refractivity contribution in [2.75, 3.05) is 6.61 Å². The minimum atomic E-state index is -0.415. The van der Waals surface area contributed by atoms with Gasteiger partial charge in [-0.05, 0) is 51.4 Å². The van der Waals surface area contributed by atoms with Gasteiger partial charge in [0.25, 0.3) is 0 Å². The molecule has 22 heavy (non-hydrogen) atoms. The van der Waals surface area contributed by atoms with Crippen molar-refractivity contribution in [2.24, 2.45) is 11.8 Å². The molecule has 0 radical (unpaired) electrons. The lowest BCUT2D eigenvalue weighted by Crippen LogP contribution is -2.18. The molecule has 128 valence electrons. The van der Waals surface area contributed by atoms with Gasteiger partial charge in [0.05, 0.1) is 18.8 Å². The van der Waals surface area contributed by atoms with Crippen molar-refractivity contribution in [2.45, 2.75) is 77.4 Å². The third-order valence-electron chi connectivity index (χ3n) is 4.45. The predicted octanol–water partition coefficient (Wildman–Crippen LogP) is 3.21.